The van der Waals surface area contributed by atoms with E-state index in [0.29, 0.717) is 44.6 Å². The van der Waals surface area contributed by atoms with Crippen LogP contribution >= 0.6 is 12.4 Å². The molecular weight excluding hydrogens is 370 g/mol. The largest absolute Gasteiger partial charge is 0.497 e. The number of amides is 2. The molecule has 2 aliphatic rings. The summed E-state index contributed by atoms with van der Waals surface area (Å²) in [5, 5.41) is 3.27. The monoisotopic (exact) mass is 397 g/mol. The first-order chi connectivity index (χ1) is 12.6. The molecule has 2 saturated heterocycles. The van der Waals surface area contributed by atoms with Crippen LogP contribution in [0.25, 0.3) is 0 Å². The Morgan fingerprint density at radius 2 is 1.52 bits per heavy atom. The van der Waals surface area contributed by atoms with Crippen molar-refractivity contribution in [3.63, 3.8) is 0 Å². The van der Waals surface area contributed by atoms with Crippen molar-refractivity contribution in [2.45, 2.75) is 18.4 Å². The number of carbonyl (C=O) groups is 2. The van der Waals surface area contributed by atoms with Crippen molar-refractivity contribution in [3.05, 3.63) is 29.8 Å². The second-order valence-corrected chi connectivity index (χ2v) is 6.76. The van der Waals surface area contributed by atoms with Crippen molar-refractivity contribution in [3.8, 4) is 5.75 Å². The minimum Gasteiger partial charge on any atom is -0.497 e. The summed E-state index contributed by atoms with van der Waals surface area (Å²) in [5.41, 5.74) is -0.0785. The number of piperidine rings is 1. The van der Waals surface area contributed by atoms with Crippen LogP contribution in [0, 0.1) is 0 Å². The average molecular weight is 398 g/mol. The number of halogens is 1. The van der Waals surface area contributed by atoms with Crippen LogP contribution in [0.4, 0.5) is 0 Å². The quantitative estimate of drug-likeness (QED) is 0.825. The van der Waals surface area contributed by atoms with Crippen LogP contribution in [0.1, 0.15) is 23.2 Å². The number of carbonyl (C=O) groups excluding carboxylic acids is 2. The lowest BCUT2D eigenvalue weighted by atomic mass is 9.90. The molecule has 27 heavy (non-hydrogen) atoms. The van der Waals surface area contributed by atoms with Crippen molar-refractivity contribution >= 4 is 24.2 Å². The van der Waals surface area contributed by atoms with Gasteiger partial charge in [0.25, 0.3) is 11.8 Å². The van der Waals surface area contributed by atoms with E-state index in [-0.39, 0.29) is 24.2 Å². The highest BCUT2D eigenvalue weighted by Gasteiger charge is 2.43. The van der Waals surface area contributed by atoms with E-state index in [1.54, 1.807) is 43.4 Å². The zero-order valence-corrected chi connectivity index (χ0v) is 16.7. The maximum absolute atomic E-state index is 13.0. The molecule has 0 radical (unpaired) electrons. The fourth-order valence-electron chi connectivity index (χ4n) is 3.65. The van der Waals surface area contributed by atoms with Gasteiger partial charge < -0.3 is 24.6 Å². The molecule has 0 bridgehead atoms. The van der Waals surface area contributed by atoms with Gasteiger partial charge in [-0.15, -0.1) is 12.4 Å². The zero-order chi connectivity index (χ0) is 18.6. The lowest BCUT2D eigenvalue weighted by Gasteiger charge is -2.42. The average Bonchev–Trinajstić information content (AvgIpc) is 2.73. The molecule has 0 atom stereocenters. The molecule has 2 fully saturated rings. The van der Waals surface area contributed by atoms with Gasteiger partial charge in [0, 0.05) is 38.9 Å². The van der Waals surface area contributed by atoms with E-state index in [9.17, 15) is 9.59 Å². The van der Waals surface area contributed by atoms with Gasteiger partial charge in [-0.05, 0) is 50.2 Å². The number of ether oxygens (including phenoxy) is 2. The summed E-state index contributed by atoms with van der Waals surface area (Å²) in [6, 6.07) is 7.11. The highest BCUT2D eigenvalue weighted by molar-refractivity contribution is 5.94. The van der Waals surface area contributed by atoms with Gasteiger partial charge in [-0.25, -0.2) is 0 Å². The van der Waals surface area contributed by atoms with Crippen LogP contribution in [0.5, 0.6) is 5.75 Å². The molecular formula is C19H28ClN3O4. The SMILES string of the molecule is COc1ccc(C(=O)N2CCN(C(=O)C3(OC)CCNCC3)CC2)cc1.Cl. The number of rotatable bonds is 4. The Morgan fingerprint density at radius 1 is 0.963 bits per heavy atom. The predicted molar refractivity (Wildman–Crippen MR) is 105 cm³/mol. The van der Waals surface area contributed by atoms with E-state index in [4.69, 9.17) is 9.47 Å². The van der Waals surface area contributed by atoms with Crippen LogP contribution in [0.15, 0.2) is 24.3 Å². The summed E-state index contributed by atoms with van der Waals surface area (Å²) >= 11 is 0. The lowest BCUT2D eigenvalue weighted by Crippen LogP contribution is -2.59. The zero-order valence-electron chi connectivity index (χ0n) is 15.9. The molecule has 1 aromatic carbocycles. The van der Waals surface area contributed by atoms with E-state index >= 15 is 0 Å². The summed E-state index contributed by atoms with van der Waals surface area (Å²) in [6.45, 7) is 3.73. The number of methoxy groups -OCH3 is 2. The Labute approximate surface area is 166 Å². The second-order valence-electron chi connectivity index (χ2n) is 6.76. The van der Waals surface area contributed by atoms with Crippen LogP contribution in [0.3, 0.4) is 0 Å². The Bertz CT molecular complexity index is 639. The minimum atomic E-state index is -0.715. The minimum absolute atomic E-state index is 0. The fourth-order valence-corrected chi connectivity index (χ4v) is 3.65. The van der Waals surface area contributed by atoms with Crippen molar-refractivity contribution in [2.75, 3.05) is 53.5 Å². The Kier molecular flexibility index (Phi) is 7.47. The highest BCUT2D eigenvalue weighted by Crippen LogP contribution is 2.26. The van der Waals surface area contributed by atoms with E-state index in [2.05, 4.69) is 5.32 Å². The number of hydrogen-bond donors (Lipinski definition) is 1. The summed E-state index contributed by atoms with van der Waals surface area (Å²) in [6.07, 6.45) is 1.38. The Hall–Kier alpha value is -1.83. The molecule has 2 amide bonds. The predicted octanol–water partition coefficient (Wildman–Crippen LogP) is 1.17. The smallest absolute Gasteiger partial charge is 0.255 e. The second kappa shape index (κ2) is 9.39. The number of hydrogen-bond acceptors (Lipinski definition) is 5. The van der Waals surface area contributed by atoms with E-state index in [0.717, 1.165) is 18.8 Å². The summed E-state index contributed by atoms with van der Waals surface area (Å²) in [4.78, 5) is 29.3. The van der Waals surface area contributed by atoms with Gasteiger partial charge in [0.15, 0.2) is 0 Å². The molecule has 0 aliphatic carbocycles. The normalized spacial score (nSPS) is 19.2. The molecule has 3 rings (SSSR count). The fraction of sp³-hybridized carbons (Fsp3) is 0.579. The van der Waals surface area contributed by atoms with E-state index in [1.165, 1.54) is 0 Å². The van der Waals surface area contributed by atoms with E-state index < -0.39 is 5.60 Å². The molecule has 7 nitrogen and oxygen atoms in total. The first kappa shape index (κ1) is 21.5. The molecule has 1 N–H and O–H groups in total. The number of piperazine rings is 1. The van der Waals surface area contributed by atoms with Crippen molar-refractivity contribution in [2.24, 2.45) is 0 Å². The topological polar surface area (TPSA) is 71.1 Å². The molecule has 150 valence electrons. The van der Waals surface area contributed by atoms with Gasteiger partial charge in [-0.1, -0.05) is 0 Å². The van der Waals surface area contributed by atoms with Gasteiger partial charge in [0.2, 0.25) is 0 Å². The molecule has 0 saturated carbocycles. The van der Waals surface area contributed by atoms with Crippen molar-refractivity contribution in [1.82, 2.24) is 15.1 Å². The van der Waals surface area contributed by atoms with Gasteiger partial charge >= 0.3 is 0 Å². The molecule has 8 heteroatoms. The summed E-state index contributed by atoms with van der Waals surface area (Å²) in [7, 11) is 3.22. The molecule has 0 spiro atoms. The summed E-state index contributed by atoms with van der Waals surface area (Å²) < 4.78 is 10.8. The lowest BCUT2D eigenvalue weighted by molar-refractivity contribution is -0.159. The van der Waals surface area contributed by atoms with Gasteiger partial charge in [-0.3, -0.25) is 9.59 Å². The van der Waals surface area contributed by atoms with Crippen molar-refractivity contribution in [1.29, 1.82) is 0 Å². The maximum Gasteiger partial charge on any atom is 0.255 e. The third-order valence-corrected chi connectivity index (χ3v) is 5.38. The van der Waals surface area contributed by atoms with Gasteiger partial charge in [0.1, 0.15) is 11.4 Å². The van der Waals surface area contributed by atoms with E-state index in [1.807, 2.05) is 4.90 Å². The summed E-state index contributed by atoms with van der Waals surface area (Å²) in [5.74, 6) is 0.768. The number of nitrogens with zero attached hydrogens (tertiary/aromatic N) is 2. The van der Waals surface area contributed by atoms with Gasteiger partial charge in [-0.2, -0.15) is 0 Å². The molecule has 2 heterocycles. The highest BCUT2D eigenvalue weighted by atomic mass is 35.5. The van der Waals surface area contributed by atoms with Crippen LogP contribution in [-0.2, 0) is 9.53 Å². The molecule has 0 unspecified atom stereocenters. The van der Waals surface area contributed by atoms with Crippen molar-refractivity contribution < 1.29 is 19.1 Å². The Balaban J connectivity index is 0.00000261. The first-order valence-corrected chi connectivity index (χ1v) is 9.08. The maximum atomic E-state index is 13.0. The van der Waals surface area contributed by atoms with Crippen LogP contribution in [-0.4, -0.2) is 80.7 Å². The molecule has 1 aromatic rings. The molecule has 2 aliphatic heterocycles. The van der Waals surface area contributed by atoms with Gasteiger partial charge in [0.05, 0.1) is 7.11 Å². The first-order valence-electron chi connectivity index (χ1n) is 9.08. The third kappa shape index (κ3) is 4.54. The molecule has 0 aromatic heterocycles. The van der Waals surface area contributed by atoms with Crippen LogP contribution < -0.4 is 10.1 Å². The number of nitrogens with one attached hydrogen (secondary N) is 1. The number of benzene rings is 1. The Morgan fingerprint density at radius 3 is 2.04 bits per heavy atom. The van der Waals surface area contributed by atoms with Crippen LogP contribution in [0.2, 0.25) is 0 Å². The third-order valence-electron chi connectivity index (χ3n) is 5.38. The standard InChI is InChI=1S/C19H27N3O4.ClH/c1-25-16-5-3-15(4-6-16)17(23)21-11-13-22(14-12-21)18(24)19(26-2)7-9-20-10-8-19;/h3-6,20H,7-14H2,1-2H3;1H.